The highest BCUT2D eigenvalue weighted by Crippen LogP contribution is 2.38. The second-order valence-corrected chi connectivity index (χ2v) is 8.18. The van der Waals surface area contributed by atoms with Crippen LogP contribution in [0, 0.1) is 0 Å². The van der Waals surface area contributed by atoms with Gasteiger partial charge in [0, 0.05) is 29.2 Å². The SMILES string of the molecule is Nc1ccc2c(c1)/C(=C(/Nc1ccc(CN3CCCC3)cc1)c1ccccc1)C(=O)N2. The predicted molar refractivity (Wildman–Crippen MR) is 127 cm³/mol. The van der Waals surface area contributed by atoms with Gasteiger partial charge in [-0.05, 0) is 67.4 Å². The molecule has 5 nitrogen and oxygen atoms in total. The van der Waals surface area contributed by atoms with E-state index in [0.29, 0.717) is 11.3 Å². The molecule has 3 aromatic carbocycles. The Labute approximate surface area is 182 Å². The molecule has 5 heteroatoms. The summed E-state index contributed by atoms with van der Waals surface area (Å²) in [5.74, 6) is -0.127. The van der Waals surface area contributed by atoms with Gasteiger partial charge in [-0.25, -0.2) is 0 Å². The van der Waals surface area contributed by atoms with Gasteiger partial charge in [0.15, 0.2) is 0 Å². The van der Waals surface area contributed by atoms with E-state index >= 15 is 0 Å². The fourth-order valence-corrected chi connectivity index (χ4v) is 4.35. The molecule has 1 fully saturated rings. The van der Waals surface area contributed by atoms with E-state index in [0.717, 1.165) is 34.7 Å². The van der Waals surface area contributed by atoms with Crippen LogP contribution in [-0.4, -0.2) is 23.9 Å². The van der Waals surface area contributed by atoms with Crippen LogP contribution in [0.2, 0.25) is 0 Å². The van der Waals surface area contributed by atoms with Gasteiger partial charge in [-0.2, -0.15) is 0 Å². The highest BCUT2D eigenvalue weighted by molar-refractivity contribution is 6.37. The standard InChI is InChI=1S/C26H26N4O/c27-20-10-13-23-22(16-20)24(26(31)29-23)25(19-6-2-1-3-7-19)28-21-11-8-18(9-12-21)17-30-14-4-5-15-30/h1-3,6-13,16,28H,4-5,14-15,17,27H2,(H,29,31)/b25-24-. The maximum atomic E-state index is 12.9. The molecule has 0 aliphatic carbocycles. The summed E-state index contributed by atoms with van der Waals surface area (Å²) in [5.41, 5.74) is 12.8. The minimum atomic E-state index is -0.127. The largest absolute Gasteiger partial charge is 0.399 e. The van der Waals surface area contributed by atoms with E-state index in [1.165, 1.54) is 31.5 Å². The van der Waals surface area contributed by atoms with Crippen molar-refractivity contribution in [3.05, 3.63) is 89.5 Å². The lowest BCUT2D eigenvalue weighted by molar-refractivity contribution is -0.110. The minimum Gasteiger partial charge on any atom is -0.399 e. The van der Waals surface area contributed by atoms with Crippen LogP contribution in [0.25, 0.3) is 11.3 Å². The number of fused-ring (bicyclic) bond motifs is 1. The molecule has 0 spiro atoms. The second-order valence-electron chi connectivity index (χ2n) is 8.18. The first kappa shape index (κ1) is 19.4. The number of nitrogens with zero attached hydrogens (tertiary/aromatic N) is 1. The van der Waals surface area contributed by atoms with Crippen molar-refractivity contribution in [3.63, 3.8) is 0 Å². The summed E-state index contributed by atoms with van der Waals surface area (Å²) < 4.78 is 0. The van der Waals surface area contributed by atoms with E-state index in [4.69, 9.17) is 5.73 Å². The van der Waals surface area contributed by atoms with Crippen molar-refractivity contribution in [3.8, 4) is 0 Å². The van der Waals surface area contributed by atoms with Crippen molar-refractivity contribution < 1.29 is 4.79 Å². The number of likely N-dealkylation sites (tertiary alicyclic amines) is 1. The topological polar surface area (TPSA) is 70.4 Å². The van der Waals surface area contributed by atoms with Crippen molar-refractivity contribution in [2.24, 2.45) is 0 Å². The highest BCUT2D eigenvalue weighted by Gasteiger charge is 2.28. The molecule has 0 radical (unpaired) electrons. The maximum absolute atomic E-state index is 12.9. The number of nitrogens with one attached hydrogen (secondary N) is 2. The Morgan fingerprint density at radius 1 is 0.968 bits per heavy atom. The van der Waals surface area contributed by atoms with Gasteiger partial charge in [-0.15, -0.1) is 0 Å². The fourth-order valence-electron chi connectivity index (χ4n) is 4.35. The van der Waals surface area contributed by atoms with Gasteiger partial charge in [0.25, 0.3) is 5.91 Å². The van der Waals surface area contributed by atoms with Crippen LogP contribution in [-0.2, 0) is 11.3 Å². The number of hydrogen-bond acceptors (Lipinski definition) is 4. The third kappa shape index (κ3) is 4.05. The lowest BCUT2D eigenvalue weighted by Gasteiger charge is -2.17. The maximum Gasteiger partial charge on any atom is 0.258 e. The average molecular weight is 411 g/mol. The van der Waals surface area contributed by atoms with Gasteiger partial charge in [-0.1, -0.05) is 42.5 Å². The molecule has 0 atom stereocenters. The van der Waals surface area contributed by atoms with Crippen molar-refractivity contribution in [2.45, 2.75) is 19.4 Å². The van der Waals surface area contributed by atoms with Gasteiger partial charge < -0.3 is 16.4 Å². The molecule has 1 amide bonds. The first-order chi connectivity index (χ1) is 15.2. The number of anilines is 3. The molecular weight excluding hydrogens is 384 g/mol. The van der Waals surface area contributed by atoms with Crippen LogP contribution < -0.4 is 16.4 Å². The lowest BCUT2D eigenvalue weighted by atomic mass is 9.99. The van der Waals surface area contributed by atoms with E-state index in [1.54, 1.807) is 6.07 Å². The zero-order valence-corrected chi connectivity index (χ0v) is 17.4. The Morgan fingerprint density at radius 2 is 1.71 bits per heavy atom. The van der Waals surface area contributed by atoms with Crippen molar-refractivity contribution >= 4 is 34.2 Å². The molecule has 5 rings (SSSR count). The van der Waals surface area contributed by atoms with E-state index < -0.39 is 0 Å². The molecule has 0 unspecified atom stereocenters. The first-order valence-electron chi connectivity index (χ1n) is 10.8. The van der Waals surface area contributed by atoms with Crippen molar-refractivity contribution in [1.82, 2.24) is 4.90 Å². The smallest absolute Gasteiger partial charge is 0.258 e. The third-order valence-corrected chi connectivity index (χ3v) is 5.93. The normalized spacial score (nSPS) is 17.4. The number of nitrogens with two attached hydrogens (primary N) is 1. The van der Waals surface area contributed by atoms with Crippen LogP contribution in [0.1, 0.15) is 29.5 Å². The number of hydrogen-bond donors (Lipinski definition) is 3. The summed E-state index contributed by atoms with van der Waals surface area (Å²) in [6, 6.07) is 23.9. The van der Waals surface area contributed by atoms with Crippen LogP contribution in [0.4, 0.5) is 17.1 Å². The zero-order chi connectivity index (χ0) is 21.2. The molecule has 2 aliphatic heterocycles. The molecule has 1 saturated heterocycles. The van der Waals surface area contributed by atoms with E-state index in [-0.39, 0.29) is 5.91 Å². The van der Waals surface area contributed by atoms with Gasteiger partial charge in [0.1, 0.15) is 0 Å². The third-order valence-electron chi connectivity index (χ3n) is 5.93. The van der Waals surface area contributed by atoms with Gasteiger partial charge in [0.05, 0.1) is 11.3 Å². The van der Waals surface area contributed by atoms with Crippen LogP contribution in [0.3, 0.4) is 0 Å². The van der Waals surface area contributed by atoms with Crippen LogP contribution in [0.5, 0.6) is 0 Å². The molecule has 2 heterocycles. The second kappa shape index (κ2) is 8.28. The Kier molecular flexibility index (Phi) is 5.18. The summed E-state index contributed by atoms with van der Waals surface area (Å²) in [5, 5.41) is 6.48. The molecule has 4 N–H and O–H groups in total. The number of amides is 1. The molecular formula is C26H26N4O. The van der Waals surface area contributed by atoms with Gasteiger partial charge in [-0.3, -0.25) is 9.69 Å². The molecule has 0 aromatic heterocycles. The fraction of sp³-hybridized carbons (Fsp3) is 0.192. The van der Waals surface area contributed by atoms with Gasteiger partial charge in [0.2, 0.25) is 0 Å². The number of rotatable bonds is 5. The van der Waals surface area contributed by atoms with E-state index in [1.807, 2.05) is 42.5 Å². The Hall–Kier alpha value is -3.57. The van der Waals surface area contributed by atoms with Crippen molar-refractivity contribution in [1.29, 1.82) is 0 Å². The quantitative estimate of drug-likeness (QED) is 0.418. The Balaban J connectivity index is 1.51. The number of carbonyl (C=O) groups excluding carboxylic acids is 1. The summed E-state index contributed by atoms with van der Waals surface area (Å²) in [7, 11) is 0. The number of nitrogen functional groups attached to an aromatic ring is 1. The average Bonchev–Trinajstić information content (AvgIpc) is 3.41. The zero-order valence-electron chi connectivity index (χ0n) is 17.4. The first-order valence-corrected chi connectivity index (χ1v) is 10.8. The molecule has 3 aromatic rings. The van der Waals surface area contributed by atoms with Crippen LogP contribution >= 0.6 is 0 Å². The molecule has 2 aliphatic rings. The lowest BCUT2D eigenvalue weighted by Crippen LogP contribution is -2.18. The Bertz CT molecular complexity index is 1130. The molecule has 31 heavy (non-hydrogen) atoms. The molecule has 0 bridgehead atoms. The predicted octanol–water partition coefficient (Wildman–Crippen LogP) is 4.80. The van der Waals surface area contributed by atoms with Crippen molar-refractivity contribution in [2.75, 3.05) is 29.5 Å². The summed E-state index contributed by atoms with van der Waals surface area (Å²) in [4.78, 5) is 15.4. The van der Waals surface area contributed by atoms with Gasteiger partial charge >= 0.3 is 0 Å². The summed E-state index contributed by atoms with van der Waals surface area (Å²) in [6.45, 7) is 3.35. The molecule has 156 valence electrons. The van der Waals surface area contributed by atoms with E-state index in [2.05, 4.69) is 39.8 Å². The van der Waals surface area contributed by atoms with E-state index in [9.17, 15) is 4.79 Å². The Morgan fingerprint density at radius 3 is 2.45 bits per heavy atom. The summed E-state index contributed by atoms with van der Waals surface area (Å²) in [6.07, 6.45) is 2.59. The van der Waals surface area contributed by atoms with Crippen LogP contribution in [0.15, 0.2) is 72.8 Å². The number of carbonyl (C=O) groups is 1. The monoisotopic (exact) mass is 410 g/mol. The minimum absolute atomic E-state index is 0.127. The molecule has 0 saturated carbocycles. The number of benzene rings is 3. The highest BCUT2D eigenvalue weighted by atomic mass is 16.2. The summed E-state index contributed by atoms with van der Waals surface area (Å²) >= 11 is 0.